The number of nitrogens with one attached hydrogen (secondary N) is 2. The molecule has 1 unspecified atom stereocenters. The maximum absolute atomic E-state index is 11.1. The minimum Gasteiger partial charge on any atom is -0.379 e. The number of hydrogen-bond donors (Lipinski definition) is 2. The van der Waals surface area contributed by atoms with E-state index in [4.69, 9.17) is 0 Å². The number of carbonyl (C=O) groups excluding carboxylic acids is 1. The van der Waals surface area contributed by atoms with Crippen LogP contribution in [0.1, 0.15) is 18.4 Å². The fraction of sp³-hybridized carbons (Fsp3) is 0.385. The molecule has 0 radical (unpaired) electrons. The van der Waals surface area contributed by atoms with Crippen molar-refractivity contribution in [3.63, 3.8) is 0 Å². The van der Waals surface area contributed by atoms with Crippen LogP contribution in [0.5, 0.6) is 0 Å². The molecule has 1 heterocycles. The summed E-state index contributed by atoms with van der Waals surface area (Å²) in [5, 5.41) is 15.4. The number of amides is 1. The maximum Gasteiger partial charge on any atom is 0.220 e. The third-order valence-electron chi connectivity index (χ3n) is 2.98. The molecule has 0 aromatic heterocycles. The normalized spacial score (nSPS) is 18.9. The summed E-state index contributed by atoms with van der Waals surface area (Å²) in [5.74, 6) is 0.103. The third-order valence-corrected chi connectivity index (χ3v) is 3.76. The van der Waals surface area contributed by atoms with E-state index in [-0.39, 0.29) is 11.9 Å². The van der Waals surface area contributed by atoms with Crippen LogP contribution < -0.4 is 10.6 Å². The van der Waals surface area contributed by atoms with E-state index in [9.17, 15) is 10.1 Å². The molecule has 94 valence electrons. The van der Waals surface area contributed by atoms with Gasteiger partial charge in [0.05, 0.1) is 11.3 Å². The third kappa shape index (κ3) is 2.77. The first-order valence-corrected chi connectivity index (χ1v) is 7.07. The van der Waals surface area contributed by atoms with Crippen molar-refractivity contribution in [1.82, 2.24) is 5.32 Å². The Balaban J connectivity index is 2.14. The summed E-state index contributed by atoms with van der Waals surface area (Å²) in [5.41, 5.74) is 1.53. The number of benzene rings is 1. The first-order valence-electron chi connectivity index (χ1n) is 5.85. The van der Waals surface area contributed by atoms with Crippen molar-refractivity contribution in [2.45, 2.75) is 23.8 Å². The largest absolute Gasteiger partial charge is 0.379 e. The maximum atomic E-state index is 11.1. The van der Waals surface area contributed by atoms with Gasteiger partial charge >= 0.3 is 0 Å². The van der Waals surface area contributed by atoms with E-state index in [0.29, 0.717) is 18.5 Å². The highest BCUT2D eigenvalue weighted by Gasteiger charge is 2.19. The minimum absolute atomic E-state index is 0.103. The number of hydrogen-bond acceptors (Lipinski definition) is 4. The number of carbonyl (C=O) groups is 1. The van der Waals surface area contributed by atoms with Crippen molar-refractivity contribution in [2.24, 2.45) is 0 Å². The monoisotopic (exact) mass is 261 g/mol. The second-order valence-corrected chi connectivity index (χ2v) is 5.03. The molecule has 4 nitrogen and oxygen atoms in total. The molecule has 18 heavy (non-hydrogen) atoms. The molecule has 1 atom stereocenters. The predicted octanol–water partition coefficient (Wildman–Crippen LogP) is 1.97. The minimum atomic E-state index is 0.103. The second-order valence-electron chi connectivity index (χ2n) is 4.18. The van der Waals surface area contributed by atoms with Crippen molar-refractivity contribution in [2.75, 3.05) is 18.1 Å². The fourth-order valence-corrected chi connectivity index (χ4v) is 2.59. The zero-order valence-electron chi connectivity index (χ0n) is 10.2. The van der Waals surface area contributed by atoms with Gasteiger partial charge in [-0.25, -0.2) is 0 Å². The number of thioether (sulfide) groups is 1. The van der Waals surface area contributed by atoms with Crippen LogP contribution in [-0.2, 0) is 4.79 Å². The highest BCUT2D eigenvalue weighted by atomic mass is 32.2. The van der Waals surface area contributed by atoms with Gasteiger partial charge in [0.1, 0.15) is 6.07 Å². The Morgan fingerprint density at radius 2 is 2.39 bits per heavy atom. The van der Waals surface area contributed by atoms with Gasteiger partial charge in [0.15, 0.2) is 0 Å². The van der Waals surface area contributed by atoms with E-state index < -0.39 is 0 Å². The second kappa shape index (κ2) is 5.78. The van der Waals surface area contributed by atoms with Gasteiger partial charge in [-0.15, -0.1) is 11.8 Å². The lowest BCUT2D eigenvalue weighted by atomic mass is 10.1. The van der Waals surface area contributed by atoms with Gasteiger partial charge in [0.2, 0.25) is 5.91 Å². The summed E-state index contributed by atoms with van der Waals surface area (Å²) < 4.78 is 0. The fourth-order valence-electron chi connectivity index (χ4n) is 2.01. The van der Waals surface area contributed by atoms with Crippen LogP contribution in [0.2, 0.25) is 0 Å². The summed E-state index contributed by atoms with van der Waals surface area (Å²) >= 11 is 1.56. The molecule has 1 aliphatic heterocycles. The van der Waals surface area contributed by atoms with Gasteiger partial charge in [-0.05, 0) is 24.8 Å². The van der Waals surface area contributed by atoms with Gasteiger partial charge < -0.3 is 10.6 Å². The molecule has 1 saturated heterocycles. The Bertz CT molecular complexity index is 485. The zero-order valence-corrected chi connectivity index (χ0v) is 11.0. The number of nitrogens with zero attached hydrogens (tertiary/aromatic N) is 1. The first-order chi connectivity index (χ1) is 8.74. The summed E-state index contributed by atoms with van der Waals surface area (Å²) in [6, 6.07) is 8.24. The standard InChI is InChI=1S/C13H15N3OS/c1-18-12-4-2-3-11(10(12)7-14)16-9-5-6-13(17)15-8-9/h2-4,9,16H,5-6,8H2,1H3,(H,15,17). The molecule has 1 amide bonds. The summed E-state index contributed by atoms with van der Waals surface area (Å²) in [7, 11) is 0. The Morgan fingerprint density at radius 3 is 3.00 bits per heavy atom. The summed E-state index contributed by atoms with van der Waals surface area (Å²) in [6.07, 6.45) is 3.31. The SMILES string of the molecule is CSc1cccc(NC2CCC(=O)NC2)c1C#N. The lowest BCUT2D eigenvalue weighted by molar-refractivity contribution is -0.122. The van der Waals surface area contributed by atoms with Crippen LogP contribution in [0, 0.1) is 11.3 Å². The lowest BCUT2D eigenvalue weighted by Crippen LogP contribution is -2.42. The van der Waals surface area contributed by atoms with Gasteiger partial charge in [0.25, 0.3) is 0 Å². The van der Waals surface area contributed by atoms with E-state index in [1.807, 2.05) is 24.5 Å². The van der Waals surface area contributed by atoms with Gasteiger partial charge in [-0.1, -0.05) is 6.07 Å². The van der Waals surface area contributed by atoms with Crippen LogP contribution in [0.4, 0.5) is 5.69 Å². The molecule has 2 N–H and O–H groups in total. The summed E-state index contributed by atoms with van der Waals surface area (Å²) in [4.78, 5) is 12.1. The van der Waals surface area contributed by atoms with E-state index >= 15 is 0 Å². The highest BCUT2D eigenvalue weighted by molar-refractivity contribution is 7.98. The van der Waals surface area contributed by atoms with Gasteiger partial charge in [-0.3, -0.25) is 4.79 Å². The molecule has 0 bridgehead atoms. The molecule has 5 heteroatoms. The van der Waals surface area contributed by atoms with Crippen molar-refractivity contribution in [3.8, 4) is 6.07 Å². The first kappa shape index (κ1) is 12.8. The quantitative estimate of drug-likeness (QED) is 0.816. The van der Waals surface area contributed by atoms with E-state index in [0.717, 1.165) is 17.0 Å². The van der Waals surface area contributed by atoms with Crippen LogP contribution in [-0.4, -0.2) is 24.7 Å². The Morgan fingerprint density at radius 1 is 1.56 bits per heavy atom. The summed E-state index contributed by atoms with van der Waals surface area (Å²) in [6.45, 7) is 0.618. The highest BCUT2D eigenvalue weighted by Crippen LogP contribution is 2.27. The van der Waals surface area contributed by atoms with Crippen LogP contribution in [0.15, 0.2) is 23.1 Å². The van der Waals surface area contributed by atoms with Crippen LogP contribution >= 0.6 is 11.8 Å². The average Bonchev–Trinajstić information content (AvgIpc) is 2.41. The Labute approximate surface area is 111 Å². The molecule has 1 aromatic rings. The number of rotatable bonds is 3. The molecule has 0 saturated carbocycles. The van der Waals surface area contributed by atoms with Crippen molar-refractivity contribution in [1.29, 1.82) is 5.26 Å². The van der Waals surface area contributed by atoms with Gasteiger partial charge in [0, 0.05) is 23.9 Å². The van der Waals surface area contributed by atoms with E-state index in [1.54, 1.807) is 11.8 Å². The molecule has 1 aliphatic rings. The topological polar surface area (TPSA) is 64.9 Å². The van der Waals surface area contributed by atoms with Crippen LogP contribution in [0.3, 0.4) is 0 Å². The molecular formula is C13H15N3OS. The Kier molecular flexibility index (Phi) is 4.11. The molecule has 0 spiro atoms. The average molecular weight is 261 g/mol. The Hall–Kier alpha value is -1.67. The zero-order chi connectivity index (χ0) is 13.0. The smallest absolute Gasteiger partial charge is 0.220 e. The molecule has 0 aliphatic carbocycles. The number of nitriles is 1. The van der Waals surface area contributed by atoms with E-state index in [1.165, 1.54) is 0 Å². The lowest BCUT2D eigenvalue weighted by Gasteiger charge is -2.25. The molecule has 1 fully saturated rings. The number of anilines is 1. The number of piperidine rings is 1. The molecule has 1 aromatic carbocycles. The van der Waals surface area contributed by atoms with E-state index in [2.05, 4.69) is 16.7 Å². The van der Waals surface area contributed by atoms with Gasteiger partial charge in [-0.2, -0.15) is 5.26 Å². The van der Waals surface area contributed by atoms with Crippen LogP contribution in [0.25, 0.3) is 0 Å². The van der Waals surface area contributed by atoms with Crippen molar-refractivity contribution in [3.05, 3.63) is 23.8 Å². The molecular weight excluding hydrogens is 246 g/mol. The van der Waals surface area contributed by atoms with Crippen molar-refractivity contribution >= 4 is 23.4 Å². The molecule has 2 rings (SSSR count). The van der Waals surface area contributed by atoms with Crippen molar-refractivity contribution < 1.29 is 4.79 Å². The predicted molar refractivity (Wildman–Crippen MR) is 72.6 cm³/mol.